The van der Waals surface area contributed by atoms with Crippen LogP contribution in [0.1, 0.15) is 61.4 Å². The molecule has 4 atom stereocenters. The zero-order chi connectivity index (χ0) is 46.2. The first kappa shape index (κ1) is 51.3. The molecule has 1 fully saturated rings. The van der Waals surface area contributed by atoms with Crippen molar-refractivity contribution < 1.29 is 72.5 Å². The van der Waals surface area contributed by atoms with Gasteiger partial charge in [-0.3, -0.25) is 52.7 Å². The van der Waals surface area contributed by atoms with Gasteiger partial charge in [-0.2, -0.15) is 0 Å². The quantitative estimate of drug-likeness (QED) is 0.0215. The van der Waals surface area contributed by atoms with E-state index in [9.17, 15) is 57.5 Å². The lowest BCUT2D eigenvalue weighted by Gasteiger charge is -2.23. The summed E-state index contributed by atoms with van der Waals surface area (Å²) in [6.45, 7) is -1.17. The van der Waals surface area contributed by atoms with Crippen molar-refractivity contribution in [1.82, 2.24) is 42.1 Å². The summed E-state index contributed by atoms with van der Waals surface area (Å²) in [5, 5.41) is 34.3. The predicted molar refractivity (Wildman–Crippen MR) is 212 cm³/mol. The fourth-order valence-corrected chi connectivity index (χ4v) is 5.80. The van der Waals surface area contributed by atoms with Crippen LogP contribution >= 0.6 is 0 Å². The monoisotopic (exact) mass is 875 g/mol. The van der Waals surface area contributed by atoms with Crippen LogP contribution in [0.4, 0.5) is 0 Å². The van der Waals surface area contributed by atoms with Gasteiger partial charge < -0.3 is 67.6 Å². The molecule has 0 aromatic heterocycles. The second-order valence-electron chi connectivity index (χ2n) is 13.9. The van der Waals surface area contributed by atoms with Gasteiger partial charge in [-0.1, -0.05) is 24.3 Å². The first-order valence-electron chi connectivity index (χ1n) is 19.5. The van der Waals surface area contributed by atoms with Crippen molar-refractivity contribution in [2.24, 2.45) is 5.73 Å². The molecule has 1 aliphatic rings. The lowest BCUT2D eigenvalue weighted by molar-refractivity contribution is -0.142. The number of nitrogens with one attached hydrogen (secondary N) is 7. The zero-order valence-electron chi connectivity index (χ0n) is 34.0. The summed E-state index contributed by atoms with van der Waals surface area (Å²) in [5.41, 5.74) is 6.52. The number of ether oxygens (including phenoxy) is 1. The summed E-state index contributed by atoms with van der Waals surface area (Å²) in [6, 6.07) is 1.57. The van der Waals surface area contributed by atoms with Gasteiger partial charge in [0.15, 0.2) is 5.78 Å². The number of hydrogen-bond donors (Lipinski definition) is 10. The fraction of sp³-hybridized carbons (Fsp3) is 0.526. The van der Waals surface area contributed by atoms with Crippen molar-refractivity contribution in [3.8, 4) is 0 Å². The minimum absolute atomic E-state index is 0.0736. The summed E-state index contributed by atoms with van der Waals surface area (Å²) >= 11 is 0. The molecule has 8 amide bonds. The Morgan fingerprint density at radius 1 is 0.774 bits per heavy atom. The first-order valence-corrected chi connectivity index (χ1v) is 19.5. The van der Waals surface area contributed by atoms with Crippen LogP contribution in [0.3, 0.4) is 0 Å². The number of hydrogen-bond acceptors (Lipinski definition) is 14. The highest BCUT2D eigenvalue weighted by atomic mass is 16.5. The van der Waals surface area contributed by atoms with E-state index in [-0.39, 0.29) is 44.7 Å². The maximum absolute atomic E-state index is 13.3. The van der Waals surface area contributed by atoms with Gasteiger partial charge >= 0.3 is 11.9 Å². The van der Waals surface area contributed by atoms with Crippen LogP contribution in [0, 0.1) is 0 Å². The molecule has 2 rings (SSSR count). The first-order chi connectivity index (χ1) is 29.4. The van der Waals surface area contributed by atoms with Gasteiger partial charge in [-0.15, -0.1) is 0 Å². The molecule has 24 heteroatoms. The minimum Gasteiger partial charge on any atom is -0.481 e. The third-order valence-electron chi connectivity index (χ3n) is 9.06. The second kappa shape index (κ2) is 27.1. The average Bonchev–Trinajstić information content (AvgIpc) is 3.74. The molecule has 1 aliphatic heterocycles. The highest BCUT2D eigenvalue weighted by molar-refractivity contribution is 5.95. The summed E-state index contributed by atoms with van der Waals surface area (Å²) in [5.74, 6) is -8.69. The van der Waals surface area contributed by atoms with Gasteiger partial charge in [0.2, 0.25) is 47.3 Å². The van der Waals surface area contributed by atoms with Crippen molar-refractivity contribution in [3.05, 3.63) is 35.4 Å². The lowest BCUT2D eigenvalue weighted by Crippen LogP contribution is -2.54. The van der Waals surface area contributed by atoms with E-state index in [0.717, 1.165) is 0 Å². The summed E-state index contributed by atoms with van der Waals surface area (Å²) in [6.07, 6.45) is -0.0914. The number of carboxylic acids is 2. The molecule has 0 radical (unpaired) electrons. The standard InChI is InChI=1S/C38H53N9O15/c1-22(49)24-6-4-23(5-7-24)17-27(37(60)41-13-16-62-21-32(53)47-14-2-3-28(47)38(61)40-12-15-48)46-31(52)20-44-36(59)26(9-11-34(56)57)45-30(51)19-42-29(50)18-43-35(58)25(39)8-10-33(54)55/h4-7,15,25-28H,2-3,8-14,16-21,39H2,1H3,(H,40,61)(H,41,60)(H,42,50)(H,43,58)(H,44,59)(H,45,51)(H,46,52)(H,54,55)(H,56,57). The number of Topliss-reactive ketones (excluding diaryl/α,β-unsaturated/α-hetero) is 1. The van der Waals surface area contributed by atoms with Gasteiger partial charge in [0, 0.05) is 37.9 Å². The maximum Gasteiger partial charge on any atom is 0.303 e. The van der Waals surface area contributed by atoms with Gasteiger partial charge in [0.25, 0.3) is 0 Å². The number of benzene rings is 1. The number of carbonyl (C=O) groups excluding carboxylic acids is 10. The summed E-state index contributed by atoms with van der Waals surface area (Å²) in [4.78, 5) is 147. The Kier molecular flexibility index (Phi) is 22.4. The van der Waals surface area contributed by atoms with Crippen LogP contribution in [0.25, 0.3) is 0 Å². The predicted octanol–water partition coefficient (Wildman–Crippen LogP) is -4.75. The molecule has 0 saturated carbocycles. The number of ketones is 1. The Balaban J connectivity index is 1.96. The number of likely N-dealkylation sites (tertiary alicyclic amines) is 1. The van der Waals surface area contributed by atoms with E-state index in [4.69, 9.17) is 20.7 Å². The molecule has 11 N–H and O–H groups in total. The van der Waals surface area contributed by atoms with Crippen molar-refractivity contribution in [1.29, 1.82) is 0 Å². The third kappa shape index (κ3) is 19.5. The molecule has 1 aromatic rings. The van der Waals surface area contributed by atoms with Crippen molar-refractivity contribution in [2.75, 3.05) is 52.5 Å². The molecule has 0 bridgehead atoms. The smallest absolute Gasteiger partial charge is 0.303 e. The topological polar surface area (TPSA) is 368 Å². The van der Waals surface area contributed by atoms with E-state index in [0.29, 0.717) is 36.8 Å². The van der Waals surface area contributed by atoms with Gasteiger partial charge in [-0.25, -0.2) is 0 Å². The van der Waals surface area contributed by atoms with Crippen molar-refractivity contribution in [3.63, 3.8) is 0 Å². The Labute approximate surface area is 355 Å². The number of carbonyl (C=O) groups is 12. The van der Waals surface area contributed by atoms with Gasteiger partial charge in [0.05, 0.1) is 38.8 Å². The van der Waals surface area contributed by atoms with E-state index < -0.39 is 122 Å². The largest absolute Gasteiger partial charge is 0.481 e. The van der Waals surface area contributed by atoms with Crippen molar-refractivity contribution >= 4 is 71.3 Å². The number of nitrogens with two attached hydrogens (primary N) is 1. The lowest BCUT2D eigenvalue weighted by atomic mass is 10.0. The van der Waals surface area contributed by atoms with Crippen LogP contribution in [-0.4, -0.2) is 163 Å². The van der Waals surface area contributed by atoms with Crippen LogP contribution in [0.5, 0.6) is 0 Å². The number of carboxylic acid groups (broad SMARTS) is 2. The van der Waals surface area contributed by atoms with E-state index in [1.165, 1.54) is 24.0 Å². The molecule has 0 spiro atoms. The normalized spacial score (nSPS) is 14.5. The van der Waals surface area contributed by atoms with Crippen molar-refractivity contribution in [2.45, 2.75) is 76.0 Å². The van der Waals surface area contributed by atoms with Crippen LogP contribution in [-0.2, 0) is 63.9 Å². The summed E-state index contributed by atoms with van der Waals surface area (Å²) in [7, 11) is 0. The van der Waals surface area contributed by atoms with Gasteiger partial charge in [0.1, 0.15) is 31.0 Å². The number of aldehydes is 1. The molecular weight excluding hydrogens is 822 g/mol. The second-order valence-corrected chi connectivity index (χ2v) is 13.9. The van der Waals surface area contributed by atoms with E-state index in [1.807, 2.05) is 0 Å². The molecule has 24 nitrogen and oxygen atoms in total. The van der Waals surface area contributed by atoms with Crippen LogP contribution in [0.15, 0.2) is 24.3 Å². The molecule has 62 heavy (non-hydrogen) atoms. The molecule has 0 aliphatic carbocycles. The van der Waals surface area contributed by atoms with E-state index >= 15 is 0 Å². The Bertz CT molecular complexity index is 1810. The minimum atomic E-state index is -1.49. The molecule has 1 saturated heterocycles. The molecule has 4 unspecified atom stereocenters. The Morgan fingerprint density at radius 2 is 1.35 bits per heavy atom. The Hall–Kier alpha value is -6.82. The fourth-order valence-electron chi connectivity index (χ4n) is 5.80. The maximum atomic E-state index is 13.3. The number of amides is 8. The molecule has 340 valence electrons. The number of rotatable bonds is 28. The van der Waals surface area contributed by atoms with E-state index in [1.54, 1.807) is 12.1 Å². The van der Waals surface area contributed by atoms with E-state index in [2.05, 4.69) is 37.2 Å². The highest BCUT2D eigenvalue weighted by Crippen LogP contribution is 2.17. The van der Waals surface area contributed by atoms with Gasteiger partial charge in [-0.05, 0) is 38.2 Å². The molecule has 1 heterocycles. The zero-order valence-corrected chi connectivity index (χ0v) is 34.0. The van der Waals surface area contributed by atoms with Crippen LogP contribution in [0.2, 0.25) is 0 Å². The highest BCUT2D eigenvalue weighted by Gasteiger charge is 2.34. The average molecular weight is 876 g/mol. The third-order valence-corrected chi connectivity index (χ3v) is 9.06. The molecular formula is C38H53N9O15. The number of nitrogens with zero attached hydrogens (tertiary/aromatic N) is 1. The Morgan fingerprint density at radius 3 is 1.98 bits per heavy atom. The molecule has 1 aromatic carbocycles. The summed E-state index contributed by atoms with van der Waals surface area (Å²) < 4.78 is 5.42. The van der Waals surface area contributed by atoms with Crippen LogP contribution < -0.4 is 43.0 Å². The number of aliphatic carboxylic acids is 2. The SMILES string of the molecule is CC(=O)c1ccc(CC(NC(=O)CNC(=O)C(CCC(=O)O)NC(=O)CNC(=O)CNC(=O)C(N)CCC(=O)O)C(=O)NCCOCC(=O)N2CCCC2C(=O)NCC=O)cc1.